The van der Waals surface area contributed by atoms with E-state index >= 15 is 0 Å². The first-order valence-electron chi connectivity index (χ1n) is 9.41. The summed E-state index contributed by atoms with van der Waals surface area (Å²) in [5, 5.41) is 6.89. The third-order valence-electron chi connectivity index (χ3n) is 6.05. The summed E-state index contributed by atoms with van der Waals surface area (Å²) in [5.74, 6) is 0.695. The second kappa shape index (κ2) is 7.05. The number of hydrogen-bond donors (Lipinski definition) is 1. The monoisotopic (exact) mass is 347 g/mol. The molecule has 7 nitrogen and oxygen atoms in total. The third-order valence-corrected chi connectivity index (χ3v) is 6.05. The largest absolute Gasteiger partial charge is 0.371 e. The number of nitrogens with one attached hydrogen (secondary N) is 1. The molecule has 4 heterocycles. The van der Waals surface area contributed by atoms with Gasteiger partial charge in [-0.3, -0.25) is 19.7 Å². The standard InChI is InChI=1S/C18H29N5O2/c1-21-9-15(11-25-12-17(24)23-4-2-3-5-23)6-18(21)13-22(14-18)10-16-7-19-20-8-16/h7-8,15H,2-6,9-14H2,1H3,(H,19,20). The first-order valence-corrected chi connectivity index (χ1v) is 9.41. The van der Waals surface area contributed by atoms with Gasteiger partial charge in [0.1, 0.15) is 6.61 Å². The second-order valence-electron chi connectivity index (χ2n) is 8.03. The maximum Gasteiger partial charge on any atom is 0.248 e. The first kappa shape index (κ1) is 17.0. The second-order valence-corrected chi connectivity index (χ2v) is 8.03. The van der Waals surface area contributed by atoms with Gasteiger partial charge in [0.25, 0.3) is 0 Å². The molecule has 1 spiro atoms. The summed E-state index contributed by atoms with van der Waals surface area (Å²) in [6, 6.07) is 0. The third kappa shape index (κ3) is 3.59. The molecule has 138 valence electrons. The van der Waals surface area contributed by atoms with E-state index in [1.165, 1.54) is 12.0 Å². The van der Waals surface area contributed by atoms with Crippen molar-refractivity contribution in [2.45, 2.75) is 31.3 Å². The molecule has 3 fully saturated rings. The summed E-state index contributed by atoms with van der Waals surface area (Å²) in [4.78, 5) is 19.0. The predicted octanol–water partition coefficient (Wildman–Crippen LogP) is 0.555. The molecule has 1 aromatic heterocycles. The van der Waals surface area contributed by atoms with E-state index in [1.54, 1.807) is 0 Å². The van der Waals surface area contributed by atoms with Crippen LogP contribution in [0.2, 0.25) is 0 Å². The van der Waals surface area contributed by atoms with Crippen molar-refractivity contribution >= 4 is 5.91 Å². The molecule has 0 aliphatic carbocycles. The van der Waals surface area contributed by atoms with Gasteiger partial charge in [-0.1, -0.05) is 0 Å². The Morgan fingerprint density at radius 3 is 2.92 bits per heavy atom. The van der Waals surface area contributed by atoms with Gasteiger partial charge in [-0.2, -0.15) is 5.10 Å². The van der Waals surface area contributed by atoms with Crippen molar-refractivity contribution in [2.24, 2.45) is 5.92 Å². The lowest BCUT2D eigenvalue weighted by Crippen LogP contribution is -2.66. The SMILES string of the molecule is CN1CC(COCC(=O)N2CCCC2)CC12CN(Cc1cn[nH]c1)C2. The Balaban J connectivity index is 1.19. The number of H-pyrrole nitrogens is 1. The number of aromatic amines is 1. The number of amides is 1. The van der Waals surface area contributed by atoms with Gasteiger partial charge in [-0.15, -0.1) is 0 Å². The van der Waals surface area contributed by atoms with Crippen LogP contribution >= 0.6 is 0 Å². The summed E-state index contributed by atoms with van der Waals surface area (Å²) < 4.78 is 5.77. The summed E-state index contributed by atoms with van der Waals surface area (Å²) >= 11 is 0. The lowest BCUT2D eigenvalue weighted by Gasteiger charge is -2.52. The molecular formula is C18H29N5O2. The molecule has 1 unspecified atom stereocenters. The summed E-state index contributed by atoms with van der Waals surface area (Å²) in [7, 11) is 2.23. The van der Waals surface area contributed by atoms with Gasteiger partial charge in [0, 0.05) is 56.6 Å². The zero-order valence-electron chi connectivity index (χ0n) is 15.1. The van der Waals surface area contributed by atoms with Crippen molar-refractivity contribution in [3.05, 3.63) is 18.0 Å². The minimum atomic E-state index is 0.161. The molecule has 1 amide bonds. The number of carbonyl (C=O) groups excluding carboxylic acids is 1. The fourth-order valence-corrected chi connectivity index (χ4v) is 4.71. The molecule has 0 bridgehead atoms. The van der Waals surface area contributed by atoms with E-state index in [4.69, 9.17) is 4.74 Å². The molecule has 0 saturated carbocycles. The smallest absolute Gasteiger partial charge is 0.248 e. The van der Waals surface area contributed by atoms with Crippen LogP contribution in [0.3, 0.4) is 0 Å². The number of rotatable bonds is 6. The lowest BCUT2D eigenvalue weighted by molar-refractivity contribution is -0.135. The average Bonchev–Trinajstić information content (AvgIpc) is 3.28. The molecule has 0 aromatic carbocycles. The van der Waals surface area contributed by atoms with Crippen molar-refractivity contribution in [1.29, 1.82) is 0 Å². The summed E-state index contributed by atoms with van der Waals surface area (Å²) in [6.45, 7) is 7.02. The van der Waals surface area contributed by atoms with Crippen LogP contribution in [-0.4, -0.2) is 89.3 Å². The molecule has 1 atom stereocenters. The van der Waals surface area contributed by atoms with E-state index in [-0.39, 0.29) is 12.5 Å². The Morgan fingerprint density at radius 2 is 2.20 bits per heavy atom. The van der Waals surface area contributed by atoms with E-state index in [2.05, 4.69) is 27.0 Å². The van der Waals surface area contributed by atoms with Crippen LogP contribution in [-0.2, 0) is 16.1 Å². The highest BCUT2D eigenvalue weighted by Crippen LogP contribution is 2.39. The normalized spacial score (nSPS) is 26.4. The number of nitrogens with zero attached hydrogens (tertiary/aromatic N) is 4. The number of ether oxygens (including phenoxy) is 1. The zero-order valence-corrected chi connectivity index (χ0v) is 15.1. The fourth-order valence-electron chi connectivity index (χ4n) is 4.71. The van der Waals surface area contributed by atoms with Gasteiger partial charge < -0.3 is 9.64 Å². The Bertz CT molecular complexity index is 578. The lowest BCUT2D eigenvalue weighted by atomic mass is 9.84. The van der Waals surface area contributed by atoms with Gasteiger partial charge in [0.05, 0.1) is 12.8 Å². The zero-order chi connectivity index (χ0) is 17.3. The van der Waals surface area contributed by atoms with Gasteiger partial charge in [-0.05, 0) is 32.2 Å². The van der Waals surface area contributed by atoms with Crippen molar-refractivity contribution in [3.63, 3.8) is 0 Å². The minimum absolute atomic E-state index is 0.161. The van der Waals surface area contributed by atoms with Crippen LogP contribution in [0, 0.1) is 5.92 Å². The van der Waals surface area contributed by atoms with Crippen LogP contribution in [0.15, 0.2) is 12.4 Å². The fraction of sp³-hybridized carbons (Fsp3) is 0.778. The molecule has 3 aliphatic heterocycles. The van der Waals surface area contributed by atoms with Gasteiger partial charge in [0.2, 0.25) is 5.91 Å². The van der Waals surface area contributed by atoms with E-state index in [9.17, 15) is 4.79 Å². The highest BCUT2D eigenvalue weighted by atomic mass is 16.5. The molecule has 7 heteroatoms. The summed E-state index contributed by atoms with van der Waals surface area (Å²) in [6.07, 6.45) is 7.31. The molecule has 3 saturated heterocycles. The predicted molar refractivity (Wildman–Crippen MR) is 94.0 cm³/mol. The summed E-state index contributed by atoms with van der Waals surface area (Å²) in [5.41, 5.74) is 1.55. The van der Waals surface area contributed by atoms with E-state index < -0.39 is 0 Å². The Kier molecular flexibility index (Phi) is 4.80. The number of likely N-dealkylation sites (tertiary alicyclic amines) is 3. The average molecular weight is 347 g/mol. The van der Waals surface area contributed by atoms with E-state index in [0.29, 0.717) is 18.1 Å². The van der Waals surface area contributed by atoms with Crippen molar-refractivity contribution < 1.29 is 9.53 Å². The Hall–Kier alpha value is -1.44. The van der Waals surface area contributed by atoms with Crippen LogP contribution in [0.5, 0.6) is 0 Å². The Labute approximate surface area is 149 Å². The van der Waals surface area contributed by atoms with Crippen molar-refractivity contribution in [2.75, 3.05) is 53.0 Å². The van der Waals surface area contributed by atoms with E-state index in [0.717, 1.165) is 52.1 Å². The maximum absolute atomic E-state index is 12.0. The number of carbonyl (C=O) groups is 1. The molecule has 3 aliphatic rings. The highest BCUT2D eigenvalue weighted by molar-refractivity contribution is 5.77. The van der Waals surface area contributed by atoms with Gasteiger partial charge >= 0.3 is 0 Å². The quantitative estimate of drug-likeness (QED) is 0.814. The van der Waals surface area contributed by atoms with Gasteiger partial charge in [-0.25, -0.2) is 0 Å². The van der Waals surface area contributed by atoms with Crippen molar-refractivity contribution in [3.8, 4) is 0 Å². The van der Waals surface area contributed by atoms with E-state index in [1.807, 2.05) is 17.3 Å². The van der Waals surface area contributed by atoms with Gasteiger partial charge in [0.15, 0.2) is 0 Å². The molecule has 1 N–H and O–H groups in total. The number of likely N-dealkylation sites (N-methyl/N-ethyl adjacent to an activating group) is 1. The van der Waals surface area contributed by atoms with Crippen LogP contribution < -0.4 is 0 Å². The van der Waals surface area contributed by atoms with Crippen LogP contribution in [0.1, 0.15) is 24.8 Å². The molecular weight excluding hydrogens is 318 g/mol. The number of aromatic nitrogens is 2. The number of hydrogen-bond acceptors (Lipinski definition) is 5. The molecule has 0 radical (unpaired) electrons. The maximum atomic E-state index is 12.0. The minimum Gasteiger partial charge on any atom is -0.371 e. The topological polar surface area (TPSA) is 64.7 Å². The van der Waals surface area contributed by atoms with Crippen molar-refractivity contribution in [1.82, 2.24) is 24.9 Å². The molecule has 4 rings (SSSR count). The first-order chi connectivity index (χ1) is 12.1. The van der Waals surface area contributed by atoms with Crippen LogP contribution in [0.4, 0.5) is 0 Å². The molecule has 1 aromatic rings. The molecule has 25 heavy (non-hydrogen) atoms. The Morgan fingerprint density at radius 1 is 1.40 bits per heavy atom. The highest BCUT2D eigenvalue weighted by Gasteiger charge is 2.51. The van der Waals surface area contributed by atoms with Crippen LogP contribution in [0.25, 0.3) is 0 Å².